The average Bonchev–Trinajstić information content (AvgIpc) is 2.32. The Hall–Kier alpha value is -1.13. The summed E-state index contributed by atoms with van der Waals surface area (Å²) < 4.78 is 13.0. The standard InChI is InChI=1S/C12H14ClFN2O/c13-10-6-8(3-4-11(10)14)12(17)16-5-1-2-9(15)7-16/h3-4,6,9H,1-2,5,7,15H2. The van der Waals surface area contributed by atoms with Crippen LogP contribution in [0.3, 0.4) is 0 Å². The van der Waals surface area contributed by atoms with Crippen LogP contribution < -0.4 is 5.73 Å². The molecule has 0 spiro atoms. The Bertz CT molecular complexity index is 439. The first-order valence-electron chi connectivity index (χ1n) is 5.58. The van der Waals surface area contributed by atoms with E-state index in [0.717, 1.165) is 12.8 Å². The highest BCUT2D eigenvalue weighted by molar-refractivity contribution is 6.31. The van der Waals surface area contributed by atoms with Crippen LogP contribution in [0.5, 0.6) is 0 Å². The maximum atomic E-state index is 13.0. The molecule has 92 valence electrons. The van der Waals surface area contributed by atoms with Gasteiger partial charge in [-0.2, -0.15) is 0 Å². The molecule has 1 aliphatic heterocycles. The van der Waals surface area contributed by atoms with Gasteiger partial charge >= 0.3 is 0 Å². The fraction of sp³-hybridized carbons (Fsp3) is 0.417. The molecule has 1 unspecified atom stereocenters. The van der Waals surface area contributed by atoms with Gasteiger partial charge in [0.2, 0.25) is 0 Å². The highest BCUT2D eigenvalue weighted by atomic mass is 35.5. The number of carbonyl (C=O) groups excluding carboxylic acids is 1. The van der Waals surface area contributed by atoms with Gasteiger partial charge in [0.15, 0.2) is 0 Å². The first kappa shape index (κ1) is 12.3. The van der Waals surface area contributed by atoms with Gasteiger partial charge in [0.25, 0.3) is 5.91 Å². The molecule has 1 aromatic carbocycles. The van der Waals surface area contributed by atoms with Crippen LogP contribution in [0.4, 0.5) is 4.39 Å². The molecule has 1 aliphatic rings. The lowest BCUT2D eigenvalue weighted by molar-refractivity contribution is 0.0709. The second-order valence-corrected chi connectivity index (χ2v) is 4.69. The molecule has 0 aromatic heterocycles. The molecule has 2 rings (SSSR count). The van der Waals surface area contributed by atoms with Gasteiger partial charge in [0.05, 0.1) is 5.02 Å². The highest BCUT2D eigenvalue weighted by Gasteiger charge is 2.22. The number of halogens is 2. The Balaban J connectivity index is 2.15. The average molecular weight is 257 g/mol. The van der Waals surface area contributed by atoms with E-state index < -0.39 is 5.82 Å². The van der Waals surface area contributed by atoms with Crippen molar-refractivity contribution in [3.8, 4) is 0 Å². The van der Waals surface area contributed by atoms with Crippen LogP contribution in [0.2, 0.25) is 5.02 Å². The van der Waals surface area contributed by atoms with Crippen molar-refractivity contribution < 1.29 is 9.18 Å². The molecule has 1 fully saturated rings. The molecule has 0 radical (unpaired) electrons. The number of hydrogen-bond donors (Lipinski definition) is 1. The number of nitrogens with zero attached hydrogens (tertiary/aromatic N) is 1. The number of benzene rings is 1. The minimum Gasteiger partial charge on any atom is -0.337 e. The van der Waals surface area contributed by atoms with Crippen molar-refractivity contribution in [1.29, 1.82) is 0 Å². The molecule has 5 heteroatoms. The van der Waals surface area contributed by atoms with Crippen molar-refractivity contribution in [2.24, 2.45) is 5.73 Å². The third-order valence-electron chi connectivity index (χ3n) is 2.91. The fourth-order valence-electron chi connectivity index (χ4n) is 2.01. The summed E-state index contributed by atoms with van der Waals surface area (Å²) in [6, 6.07) is 4.05. The monoisotopic (exact) mass is 256 g/mol. The summed E-state index contributed by atoms with van der Waals surface area (Å²) >= 11 is 5.66. The van der Waals surface area contributed by atoms with Gasteiger partial charge < -0.3 is 10.6 Å². The van der Waals surface area contributed by atoms with Crippen molar-refractivity contribution >= 4 is 17.5 Å². The number of carbonyl (C=O) groups is 1. The maximum Gasteiger partial charge on any atom is 0.253 e. The van der Waals surface area contributed by atoms with E-state index in [1.54, 1.807) is 4.90 Å². The van der Waals surface area contributed by atoms with E-state index in [4.69, 9.17) is 17.3 Å². The molecule has 1 saturated heterocycles. The van der Waals surface area contributed by atoms with Crippen molar-refractivity contribution in [2.45, 2.75) is 18.9 Å². The number of amides is 1. The second kappa shape index (κ2) is 5.02. The van der Waals surface area contributed by atoms with E-state index in [2.05, 4.69) is 0 Å². The molecule has 0 bridgehead atoms. The van der Waals surface area contributed by atoms with Crippen LogP contribution in [0, 0.1) is 5.82 Å². The van der Waals surface area contributed by atoms with Gasteiger partial charge in [-0.15, -0.1) is 0 Å². The van der Waals surface area contributed by atoms with Crippen LogP contribution in [-0.2, 0) is 0 Å². The molecular formula is C12H14ClFN2O. The second-order valence-electron chi connectivity index (χ2n) is 4.28. The third-order valence-corrected chi connectivity index (χ3v) is 3.20. The van der Waals surface area contributed by atoms with Gasteiger partial charge in [-0.25, -0.2) is 4.39 Å². The lowest BCUT2D eigenvalue weighted by atomic mass is 10.1. The summed E-state index contributed by atoms with van der Waals surface area (Å²) in [4.78, 5) is 13.8. The first-order valence-corrected chi connectivity index (χ1v) is 5.95. The van der Waals surface area contributed by atoms with E-state index in [9.17, 15) is 9.18 Å². The topological polar surface area (TPSA) is 46.3 Å². The van der Waals surface area contributed by atoms with Crippen LogP contribution >= 0.6 is 11.6 Å². The molecule has 2 N–H and O–H groups in total. The maximum absolute atomic E-state index is 13.0. The van der Waals surface area contributed by atoms with Crippen molar-refractivity contribution in [3.05, 3.63) is 34.6 Å². The van der Waals surface area contributed by atoms with E-state index in [0.29, 0.717) is 18.7 Å². The van der Waals surface area contributed by atoms with E-state index >= 15 is 0 Å². The minimum absolute atomic E-state index is 0.0304. The molecule has 1 aromatic rings. The summed E-state index contributed by atoms with van der Waals surface area (Å²) in [7, 11) is 0. The van der Waals surface area contributed by atoms with Crippen molar-refractivity contribution in [3.63, 3.8) is 0 Å². The van der Waals surface area contributed by atoms with Gasteiger partial charge in [-0.1, -0.05) is 11.6 Å². The Morgan fingerprint density at radius 3 is 2.94 bits per heavy atom. The van der Waals surface area contributed by atoms with Gasteiger partial charge in [0, 0.05) is 24.7 Å². The summed E-state index contributed by atoms with van der Waals surface area (Å²) in [5, 5.41) is -0.0304. The minimum atomic E-state index is -0.515. The summed E-state index contributed by atoms with van der Waals surface area (Å²) in [5.41, 5.74) is 6.22. The Labute approximate surface area is 104 Å². The Morgan fingerprint density at radius 1 is 1.53 bits per heavy atom. The molecule has 1 atom stereocenters. The predicted octanol–water partition coefficient (Wildman–Crippen LogP) is 2.04. The number of piperidine rings is 1. The van der Waals surface area contributed by atoms with Gasteiger partial charge in [-0.05, 0) is 31.0 Å². The third kappa shape index (κ3) is 2.76. The van der Waals surface area contributed by atoms with Crippen LogP contribution in [0.1, 0.15) is 23.2 Å². The summed E-state index contributed by atoms with van der Waals surface area (Å²) in [6.07, 6.45) is 1.84. The van der Waals surface area contributed by atoms with Crippen molar-refractivity contribution in [2.75, 3.05) is 13.1 Å². The van der Waals surface area contributed by atoms with Crippen LogP contribution in [0.25, 0.3) is 0 Å². The molecule has 1 amide bonds. The summed E-state index contributed by atoms with van der Waals surface area (Å²) in [5.74, 6) is -0.652. The molecule has 3 nitrogen and oxygen atoms in total. The Morgan fingerprint density at radius 2 is 2.29 bits per heavy atom. The van der Waals surface area contributed by atoms with Crippen LogP contribution in [0.15, 0.2) is 18.2 Å². The molecular weight excluding hydrogens is 243 g/mol. The lowest BCUT2D eigenvalue weighted by Crippen LogP contribution is -2.45. The van der Waals surface area contributed by atoms with E-state index in [-0.39, 0.29) is 17.0 Å². The smallest absolute Gasteiger partial charge is 0.253 e. The fourth-order valence-corrected chi connectivity index (χ4v) is 2.19. The molecule has 1 heterocycles. The van der Waals surface area contributed by atoms with E-state index in [1.807, 2.05) is 0 Å². The molecule has 0 saturated carbocycles. The number of nitrogens with two attached hydrogens (primary N) is 1. The number of rotatable bonds is 1. The van der Waals surface area contributed by atoms with Gasteiger partial charge in [-0.3, -0.25) is 4.79 Å². The highest BCUT2D eigenvalue weighted by Crippen LogP contribution is 2.18. The zero-order valence-electron chi connectivity index (χ0n) is 9.33. The van der Waals surface area contributed by atoms with E-state index in [1.165, 1.54) is 18.2 Å². The largest absolute Gasteiger partial charge is 0.337 e. The SMILES string of the molecule is NC1CCCN(C(=O)c2ccc(F)c(Cl)c2)C1. The number of likely N-dealkylation sites (tertiary alicyclic amines) is 1. The zero-order valence-corrected chi connectivity index (χ0v) is 10.1. The zero-order chi connectivity index (χ0) is 12.4. The normalized spacial score (nSPS) is 20.4. The molecule has 17 heavy (non-hydrogen) atoms. The lowest BCUT2D eigenvalue weighted by Gasteiger charge is -2.30. The predicted molar refractivity (Wildman–Crippen MR) is 64.5 cm³/mol. The quantitative estimate of drug-likeness (QED) is 0.836. The van der Waals surface area contributed by atoms with Crippen molar-refractivity contribution in [1.82, 2.24) is 4.90 Å². The van der Waals surface area contributed by atoms with Gasteiger partial charge in [0.1, 0.15) is 5.82 Å². The van der Waals surface area contributed by atoms with Crippen LogP contribution in [-0.4, -0.2) is 29.9 Å². The first-order chi connectivity index (χ1) is 8.08. The molecule has 0 aliphatic carbocycles. The summed E-state index contributed by atoms with van der Waals surface area (Å²) in [6.45, 7) is 1.25. The number of hydrogen-bond acceptors (Lipinski definition) is 2. The Kier molecular flexibility index (Phi) is 3.64.